The first kappa shape index (κ1) is 16.6. The van der Waals surface area contributed by atoms with Gasteiger partial charge in [0.05, 0.1) is 23.9 Å². The second kappa shape index (κ2) is 6.32. The molecule has 1 heterocycles. The fraction of sp³-hybridized carbons (Fsp3) is 0.176. The molecule has 0 aliphatic carbocycles. The van der Waals surface area contributed by atoms with Crippen molar-refractivity contribution in [1.29, 1.82) is 0 Å². The van der Waals surface area contributed by atoms with E-state index in [1.54, 1.807) is 19.2 Å². The van der Waals surface area contributed by atoms with Gasteiger partial charge in [0.15, 0.2) is 0 Å². The van der Waals surface area contributed by atoms with E-state index in [-0.39, 0.29) is 16.4 Å². The molecule has 0 saturated carbocycles. The molecule has 0 amide bonds. The predicted molar refractivity (Wildman–Crippen MR) is 89.6 cm³/mol. The minimum absolute atomic E-state index is 0.0864. The average molecular weight is 353 g/mol. The summed E-state index contributed by atoms with van der Waals surface area (Å²) in [6.45, 7) is 0. The fourth-order valence-corrected chi connectivity index (χ4v) is 4.07. The number of ether oxygens (including phenoxy) is 1. The average Bonchev–Trinajstić information content (AvgIpc) is 2.57. The highest BCUT2D eigenvalue weighted by molar-refractivity contribution is 8.39. The molecule has 1 aliphatic heterocycles. The molecule has 0 fully saturated rings. The number of aliphatic imine (C=N–C) groups is 1. The summed E-state index contributed by atoms with van der Waals surface area (Å²) in [6, 6.07) is 10.4. The molecule has 126 valence electrons. The van der Waals surface area contributed by atoms with Crippen molar-refractivity contribution >= 4 is 27.2 Å². The van der Waals surface area contributed by atoms with Crippen LogP contribution in [0.1, 0.15) is 21.5 Å². The number of carbonyl (C=O) groups excluding carboxylic acids is 1. The van der Waals surface area contributed by atoms with Crippen LogP contribution in [0.15, 0.2) is 47.5 Å². The molecule has 2 aromatic carbocycles. The van der Waals surface area contributed by atoms with Crippen molar-refractivity contribution in [3.05, 3.63) is 59.2 Å². The molecule has 0 saturated heterocycles. The Bertz CT molecular complexity index is 800. The molecule has 3 nitrogen and oxygen atoms in total. The summed E-state index contributed by atoms with van der Waals surface area (Å²) in [7, 11) is 0.372. The van der Waals surface area contributed by atoms with Crippen molar-refractivity contribution in [1.82, 2.24) is 0 Å². The number of thiol groups is 1. The summed E-state index contributed by atoms with van der Waals surface area (Å²) in [4.78, 5) is 16.6. The van der Waals surface area contributed by atoms with Crippen LogP contribution in [0.4, 0.5) is 18.9 Å². The molecular formula is C17H14F3NO2S. The van der Waals surface area contributed by atoms with Crippen LogP contribution in [0.2, 0.25) is 0 Å². The maximum Gasteiger partial charge on any atom is 0.416 e. The third-order valence-corrected chi connectivity index (χ3v) is 5.53. The van der Waals surface area contributed by atoms with Gasteiger partial charge in [-0.2, -0.15) is 13.2 Å². The van der Waals surface area contributed by atoms with Crippen LogP contribution in [0.25, 0.3) is 0 Å². The zero-order valence-corrected chi connectivity index (χ0v) is 13.6. The normalized spacial score (nSPS) is 18.3. The quantitative estimate of drug-likeness (QED) is 0.810. The number of alkyl halides is 3. The van der Waals surface area contributed by atoms with E-state index in [4.69, 9.17) is 4.74 Å². The molecule has 0 radical (unpaired) electrons. The van der Waals surface area contributed by atoms with Crippen LogP contribution in [-0.2, 0) is 11.9 Å². The highest BCUT2D eigenvalue weighted by atomic mass is 32.2. The van der Waals surface area contributed by atoms with Gasteiger partial charge in [0.25, 0.3) is 0 Å². The SMILES string of the molecule is COc1ccc(C[SH]2C=Nc3cc(C(F)(F)F)ccc3C2=O)cc1. The summed E-state index contributed by atoms with van der Waals surface area (Å²) in [6.07, 6.45) is -4.45. The molecule has 1 atom stereocenters. The third kappa shape index (κ3) is 3.31. The number of fused-ring (bicyclic) bond motifs is 1. The van der Waals surface area contributed by atoms with Crippen LogP contribution in [-0.4, -0.2) is 17.8 Å². The van der Waals surface area contributed by atoms with Gasteiger partial charge in [0.2, 0.25) is 5.12 Å². The van der Waals surface area contributed by atoms with E-state index in [2.05, 4.69) is 4.99 Å². The topological polar surface area (TPSA) is 38.7 Å². The molecular weight excluding hydrogens is 339 g/mol. The molecule has 3 rings (SSSR count). The van der Waals surface area contributed by atoms with E-state index >= 15 is 0 Å². The largest absolute Gasteiger partial charge is 0.497 e. The molecule has 24 heavy (non-hydrogen) atoms. The Morgan fingerprint density at radius 3 is 2.46 bits per heavy atom. The first-order valence-corrected chi connectivity index (χ1v) is 8.67. The summed E-state index contributed by atoms with van der Waals surface area (Å²) < 4.78 is 43.3. The molecule has 0 aromatic heterocycles. The van der Waals surface area contributed by atoms with Crippen LogP contribution in [0, 0.1) is 0 Å². The van der Waals surface area contributed by atoms with Crippen molar-refractivity contribution < 1.29 is 22.7 Å². The van der Waals surface area contributed by atoms with Crippen molar-refractivity contribution in [3.63, 3.8) is 0 Å². The van der Waals surface area contributed by atoms with Crippen molar-refractivity contribution in [3.8, 4) is 5.75 Å². The number of hydrogen-bond donors (Lipinski definition) is 1. The minimum Gasteiger partial charge on any atom is -0.497 e. The van der Waals surface area contributed by atoms with Gasteiger partial charge in [-0.15, -0.1) is 10.9 Å². The molecule has 0 N–H and O–H groups in total. The predicted octanol–water partition coefficient (Wildman–Crippen LogP) is 4.73. The highest BCUT2D eigenvalue weighted by Gasteiger charge is 2.32. The Labute approximate surface area is 139 Å². The van der Waals surface area contributed by atoms with Gasteiger partial charge in [0.1, 0.15) is 5.75 Å². The van der Waals surface area contributed by atoms with E-state index < -0.39 is 22.6 Å². The van der Waals surface area contributed by atoms with Gasteiger partial charge in [0, 0.05) is 11.3 Å². The van der Waals surface area contributed by atoms with Gasteiger partial charge in [-0.3, -0.25) is 9.79 Å². The van der Waals surface area contributed by atoms with Gasteiger partial charge in [-0.25, -0.2) is 0 Å². The van der Waals surface area contributed by atoms with E-state index in [1.165, 1.54) is 11.6 Å². The first-order valence-electron chi connectivity index (χ1n) is 7.08. The van der Waals surface area contributed by atoms with E-state index in [9.17, 15) is 18.0 Å². The van der Waals surface area contributed by atoms with E-state index in [0.717, 1.165) is 23.4 Å². The summed E-state index contributed by atoms with van der Waals surface area (Å²) >= 11 is 0. The maximum absolute atomic E-state index is 12.7. The van der Waals surface area contributed by atoms with Crippen LogP contribution < -0.4 is 4.74 Å². The lowest BCUT2D eigenvalue weighted by molar-refractivity contribution is -0.137. The number of halogens is 3. The lowest BCUT2D eigenvalue weighted by Gasteiger charge is -2.21. The number of rotatable bonds is 3. The summed E-state index contributed by atoms with van der Waals surface area (Å²) in [5.41, 5.74) is 1.99. The minimum atomic E-state index is -4.45. The lowest BCUT2D eigenvalue weighted by atomic mass is 10.1. The smallest absolute Gasteiger partial charge is 0.416 e. The monoisotopic (exact) mass is 353 g/mol. The zero-order valence-electron chi connectivity index (χ0n) is 12.7. The Morgan fingerprint density at radius 2 is 1.83 bits per heavy atom. The Morgan fingerprint density at radius 1 is 1.12 bits per heavy atom. The van der Waals surface area contributed by atoms with Gasteiger partial charge < -0.3 is 4.74 Å². The highest BCUT2D eigenvalue weighted by Crippen LogP contribution is 2.42. The van der Waals surface area contributed by atoms with Gasteiger partial charge in [-0.1, -0.05) is 12.1 Å². The fourth-order valence-electron chi connectivity index (χ4n) is 2.37. The van der Waals surface area contributed by atoms with Crippen LogP contribution in [0.3, 0.4) is 0 Å². The van der Waals surface area contributed by atoms with Crippen molar-refractivity contribution in [2.45, 2.75) is 11.9 Å². The standard InChI is InChI=1S/C17H14F3NO2S/c1-23-13-5-2-11(3-6-13)9-24-10-21-15-8-12(17(18,19)20)4-7-14(15)16(24)22/h2-8,10,24H,9H2,1H3. The number of carbonyl (C=O) groups is 1. The second-order valence-electron chi connectivity index (χ2n) is 5.26. The van der Waals surface area contributed by atoms with Gasteiger partial charge in [-0.05, 0) is 35.9 Å². The second-order valence-corrected chi connectivity index (χ2v) is 7.15. The number of benzene rings is 2. The Kier molecular flexibility index (Phi) is 4.36. The van der Waals surface area contributed by atoms with Crippen LogP contribution in [0.5, 0.6) is 5.75 Å². The molecule has 1 unspecified atom stereocenters. The first-order chi connectivity index (χ1) is 11.4. The third-order valence-electron chi connectivity index (χ3n) is 3.66. The number of hydrogen-bond acceptors (Lipinski definition) is 3. The Hall–Kier alpha value is -2.28. The number of methoxy groups -OCH3 is 1. The lowest BCUT2D eigenvalue weighted by Crippen LogP contribution is -2.10. The number of nitrogens with zero attached hydrogens (tertiary/aromatic N) is 1. The summed E-state index contributed by atoms with van der Waals surface area (Å²) in [5.74, 6) is 1.22. The molecule has 0 bridgehead atoms. The van der Waals surface area contributed by atoms with E-state index in [0.29, 0.717) is 5.75 Å². The van der Waals surface area contributed by atoms with Crippen molar-refractivity contribution in [2.24, 2.45) is 4.99 Å². The molecule has 1 aliphatic rings. The maximum atomic E-state index is 12.7. The van der Waals surface area contributed by atoms with Gasteiger partial charge >= 0.3 is 6.18 Å². The van der Waals surface area contributed by atoms with Crippen LogP contribution >= 0.6 is 10.9 Å². The molecule has 0 spiro atoms. The van der Waals surface area contributed by atoms with Crippen molar-refractivity contribution in [2.75, 3.05) is 7.11 Å². The molecule has 2 aromatic rings. The zero-order chi connectivity index (χ0) is 17.3. The Balaban J connectivity index is 1.82. The van der Waals surface area contributed by atoms with E-state index in [1.807, 2.05) is 12.1 Å². The summed E-state index contributed by atoms with van der Waals surface area (Å²) in [5, 5.41) is -0.153. The molecule has 7 heteroatoms.